The Kier molecular flexibility index (Phi) is 3.24. The van der Waals surface area contributed by atoms with Crippen LogP contribution in [0.2, 0.25) is 0 Å². The smallest absolute Gasteiger partial charge is 0.0804 e. The van der Waals surface area contributed by atoms with Crippen molar-refractivity contribution in [3.05, 3.63) is 0 Å². The van der Waals surface area contributed by atoms with Gasteiger partial charge in [-0.15, -0.1) is 0 Å². The van der Waals surface area contributed by atoms with Crippen molar-refractivity contribution >= 4 is 6.34 Å². The molecule has 0 fully saturated rings. The summed E-state index contributed by atoms with van der Waals surface area (Å²) < 4.78 is 0. The van der Waals surface area contributed by atoms with Crippen LogP contribution in [0.4, 0.5) is 0 Å². The molecular weight excluding hydrogens is 114 g/mol. The lowest BCUT2D eigenvalue weighted by atomic mass is 10.1. The van der Waals surface area contributed by atoms with Gasteiger partial charge in [0.15, 0.2) is 0 Å². The molecule has 3 heteroatoms. The van der Waals surface area contributed by atoms with Gasteiger partial charge >= 0.3 is 0 Å². The summed E-state index contributed by atoms with van der Waals surface area (Å²) in [5.41, 5.74) is 5.06. The zero-order valence-electron chi connectivity index (χ0n) is 6.31. The molecule has 0 heterocycles. The molecule has 0 aliphatic heterocycles. The lowest BCUT2D eigenvalue weighted by Gasteiger charge is -2.17. The SMILES string of the molecule is CNCC(C)(C)N=CN. The molecule has 0 aliphatic rings. The van der Waals surface area contributed by atoms with E-state index < -0.39 is 0 Å². The molecule has 0 aromatic rings. The summed E-state index contributed by atoms with van der Waals surface area (Å²) in [6.07, 6.45) is 1.34. The number of nitrogens with zero attached hydrogens (tertiary/aromatic N) is 1. The fraction of sp³-hybridized carbons (Fsp3) is 0.833. The predicted octanol–water partition coefficient (Wildman–Crippen LogP) is -0.0286. The quantitative estimate of drug-likeness (QED) is 0.415. The molecule has 0 rings (SSSR count). The highest BCUT2D eigenvalue weighted by atomic mass is 15.0. The van der Waals surface area contributed by atoms with Crippen molar-refractivity contribution in [1.82, 2.24) is 5.32 Å². The molecule has 0 bridgehead atoms. The second-order valence-corrected chi connectivity index (χ2v) is 2.62. The average Bonchev–Trinajstić information content (AvgIpc) is 1.64. The van der Waals surface area contributed by atoms with E-state index in [4.69, 9.17) is 5.73 Å². The van der Waals surface area contributed by atoms with Gasteiger partial charge in [0.1, 0.15) is 0 Å². The summed E-state index contributed by atoms with van der Waals surface area (Å²) in [4.78, 5) is 4.04. The van der Waals surface area contributed by atoms with Crippen molar-refractivity contribution in [3.63, 3.8) is 0 Å². The third-order valence-electron chi connectivity index (χ3n) is 1.03. The van der Waals surface area contributed by atoms with E-state index in [9.17, 15) is 0 Å². The number of hydrogen-bond acceptors (Lipinski definition) is 2. The molecule has 0 atom stereocenters. The summed E-state index contributed by atoms with van der Waals surface area (Å²) in [6.45, 7) is 4.89. The minimum atomic E-state index is -0.0660. The van der Waals surface area contributed by atoms with E-state index in [0.717, 1.165) is 6.54 Å². The van der Waals surface area contributed by atoms with E-state index in [2.05, 4.69) is 10.3 Å². The monoisotopic (exact) mass is 129 g/mol. The lowest BCUT2D eigenvalue weighted by molar-refractivity contribution is 0.495. The highest BCUT2D eigenvalue weighted by molar-refractivity contribution is 5.52. The molecular formula is C6H15N3. The van der Waals surface area contributed by atoms with E-state index in [1.807, 2.05) is 20.9 Å². The molecule has 0 aliphatic carbocycles. The van der Waals surface area contributed by atoms with Crippen LogP contribution in [0, 0.1) is 0 Å². The van der Waals surface area contributed by atoms with E-state index in [1.165, 1.54) is 6.34 Å². The Morgan fingerprint density at radius 1 is 1.67 bits per heavy atom. The average molecular weight is 129 g/mol. The van der Waals surface area contributed by atoms with Gasteiger partial charge in [-0.05, 0) is 20.9 Å². The van der Waals surface area contributed by atoms with Crippen LogP contribution in [-0.4, -0.2) is 25.5 Å². The minimum Gasteiger partial charge on any atom is -0.390 e. The molecule has 3 nitrogen and oxygen atoms in total. The zero-order chi connectivity index (χ0) is 7.33. The molecule has 0 spiro atoms. The number of aliphatic imine (C=N–C) groups is 1. The number of nitrogens with one attached hydrogen (secondary N) is 1. The largest absolute Gasteiger partial charge is 0.390 e. The second-order valence-electron chi connectivity index (χ2n) is 2.62. The van der Waals surface area contributed by atoms with E-state index in [-0.39, 0.29) is 5.54 Å². The molecule has 3 N–H and O–H groups in total. The van der Waals surface area contributed by atoms with E-state index in [0.29, 0.717) is 0 Å². The van der Waals surface area contributed by atoms with Crippen LogP contribution >= 0.6 is 0 Å². The van der Waals surface area contributed by atoms with Crippen molar-refractivity contribution in [2.75, 3.05) is 13.6 Å². The second kappa shape index (κ2) is 3.45. The Balaban J connectivity index is 3.70. The number of rotatable bonds is 3. The van der Waals surface area contributed by atoms with Gasteiger partial charge < -0.3 is 11.1 Å². The minimum absolute atomic E-state index is 0.0660. The van der Waals surface area contributed by atoms with Gasteiger partial charge in [-0.3, -0.25) is 4.99 Å². The van der Waals surface area contributed by atoms with Gasteiger partial charge in [-0.2, -0.15) is 0 Å². The van der Waals surface area contributed by atoms with Gasteiger partial charge in [0.25, 0.3) is 0 Å². The summed E-state index contributed by atoms with van der Waals surface area (Å²) in [5, 5.41) is 3.02. The first-order valence-electron chi connectivity index (χ1n) is 3.02. The third-order valence-corrected chi connectivity index (χ3v) is 1.03. The first-order valence-corrected chi connectivity index (χ1v) is 3.02. The Hall–Kier alpha value is -0.570. The summed E-state index contributed by atoms with van der Waals surface area (Å²) in [5.74, 6) is 0. The standard InChI is InChI=1S/C6H15N3/c1-6(2,4-8-3)9-5-7/h5,8H,4H2,1-3H3,(H2,7,9). The van der Waals surface area contributed by atoms with Gasteiger partial charge in [-0.25, -0.2) is 0 Å². The first kappa shape index (κ1) is 8.43. The van der Waals surface area contributed by atoms with Crippen LogP contribution in [0.3, 0.4) is 0 Å². The highest BCUT2D eigenvalue weighted by Crippen LogP contribution is 2.04. The Morgan fingerprint density at radius 3 is 2.56 bits per heavy atom. The predicted molar refractivity (Wildman–Crippen MR) is 40.7 cm³/mol. The van der Waals surface area contributed by atoms with Crippen molar-refractivity contribution in [1.29, 1.82) is 0 Å². The van der Waals surface area contributed by atoms with Crippen molar-refractivity contribution in [2.45, 2.75) is 19.4 Å². The molecule has 0 unspecified atom stereocenters. The normalized spacial score (nSPS) is 12.8. The molecule has 54 valence electrons. The molecule has 0 saturated carbocycles. The van der Waals surface area contributed by atoms with E-state index >= 15 is 0 Å². The third kappa shape index (κ3) is 3.97. The number of likely N-dealkylation sites (N-methyl/N-ethyl adjacent to an activating group) is 1. The molecule has 0 amide bonds. The molecule has 0 radical (unpaired) electrons. The molecule has 0 saturated heterocycles. The summed E-state index contributed by atoms with van der Waals surface area (Å²) in [7, 11) is 1.90. The van der Waals surface area contributed by atoms with Crippen LogP contribution in [0.1, 0.15) is 13.8 Å². The Bertz CT molecular complexity index is 96.5. The zero-order valence-corrected chi connectivity index (χ0v) is 6.31. The maximum Gasteiger partial charge on any atom is 0.0804 e. The van der Waals surface area contributed by atoms with Crippen LogP contribution < -0.4 is 11.1 Å². The molecule has 0 aromatic heterocycles. The van der Waals surface area contributed by atoms with Gasteiger partial charge in [0, 0.05) is 6.54 Å². The molecule has 9 heavy (non-hydrogen) atoms. The van der Waals surface area contributed by atoms with Crippen LogP contribution in [-0.2, 0) is 0 Å². The van der Waals surface area contributed by atoms with Crippen LogP contribution in [0.5, 0.6) is 0 Å². The summed E-state index contributed by atoms with van der Waals surface area (Å²) in [6, 6.07) is 0. The fourth-order valence-corrected chi connectivity index (χ4v) is 0.680. The Morgan fingerprint density at radius 2 is 2.22 bits per heavy atom. The lowest BCUT2D eigenvalue weighted by Crippen LogP contribution is -2.31. The summed E-state index contributed by atoms with van der Waals surface area (Å²) >= 11 is 0. The Labute approximate surface area is 56.3 Å². The highest BCUT2D eigenvalue weighted by Gasteiger charge is 2.12. The van der Waals surface area contributed by atoms with Crippen molar-refractivity contribution in [2.24, 2.45) is 10.7 Å². The van der Waals surface area contributed by atoms with Crippen molar-refractivity contribution in [3.8, 4) is 0 Å². The maximum absolute atomic E-state index is 5.13. The van der Waals surface area contributed by atoms with Gasteiger partial charge in [-0.1, -0.05) is 0 Å². The van der Waals surface area contributed by atoms with E-state index in [1.54, 1.807) is 0 Å². The van der Waals surface area contributed by atoms with Gasteiger partial charge in [0.2, 0.25) is 0 Å². The first-order chi connectivity index (χ1) is 4.12. The fourth-order valence-electron chi connectivity index (χ4n) is 0.680. The van der Waals surface area contributed by atoms with Crippen LogP contribution in [0.15, 0.2) is 4.99 Å². The number of hydrogen-bond donors (Lipinski definition) is 2. The molecule has 0 aromatic carbocycles. The van der Waals surface area contributed by atoms with Crippen molar-refractivity contribution < 1.29 is 0 Å². The van der Waals surface area contributed by atoms with Crippen LogP contribution in [0.25, 0.3) is 0 Å². The number of nitrogens with two attached hydrogens (primary N) is 1. The maximum atomic E-state index is 5.13. The van der Waals surface area contributed by atoms with Gasteiger partial charge in [0.05, 0.1) is 11.9 Å². The topological polar surface area (TPSA) is 50.4 Å².